The van der Waals surface area contributed by atoms with Gasteiger partial charge in [-0.1, -0.05) is 66.2 Å². The van der Waals surface area contributed by atoms with E-state index >= 15 is 0 Å². The van der Waals surface area contributed by atoms with Gasteiger partial charge in [0, 0.05) is 16.6 Å². The van der Waals surface area contributed by atoms with Crippen molar-refractivity contribution in [2.24, 2.45) is 0 Å². The Hall–Kier alpha value is -3.73. The maximum absolute atomic E-state index is 12.9. The highest BCUT2D eigenvalue weighted by Gasteiger charge is 2.15. The topological polar surface area (TPSA) is 64.0 Å². The highest BCUT2D eigenvalue weighted by molar-refractivity contribution is 5.95. The van der Waals surface area contributed by atoms with Gasteiger partial charge in [0.2, 0.25) is 5.91 Å². The molecule has 4 aromatic rings. The third-order valence-corrected chi connectivity index (χ3v) is 5.18. The van der Waals surface area contributed by atoms with E-state index in [1.54, 1.807) is 0 Å². The number of aromatic nitrogens is 2. The molecule has 5 heteroatoms. The van der Waals surface area contributed by atoms with Crippen molar-refractivity contribution in [3.8, 4) is 11.3 Å². The lowest BCUT2D eigenvalue weighted by Gasteiger charge is -2.15. The second-order valence-corrected chi connectivity index (χ2v) is 7.53. The molecule has 3 aromatic carbocycles. The summed E-state index contributed by atoms with van der Waals surface area (Å²) in [7, 11) is 0. The van der Waals surface area contributed by atoms with Gasteiger partial charge in [0.1, 0.15) is 6.54 Å². The SMILES string of the molecule is Cc1cc(C)c(NC(=O)Cn2c(=O)nc(-c3ccccc3)c3ccccc32)c(C)c1. The third kappa shape index (κ3) is 3.74. The predicted octanol–water partition coefficient (Wildman–Crippen LogP) is 4.63. The maximum atomic E-state index is 12.9. The van der Waals surface area contributed by atoms with Crippen molar-refractivity contribution in [1.82, 2.24) is 9.55 Å². The van der Waals surface area contributed by atoms with E-state index in [2.05, 4.69) is 10.3 Å². The lowest BCUT2D eigenvalue weighted by Crippen LogP contribution is -2.30. The Morgan fingerprint density at radius 2 is 1.57 bits per heavy atom. The zero-order chi connectivity index (χ0) is 21.3. The first kappa shape index (κ1) is 19.6. The fraction of sp³-hybridized carbons (Fsp3) is 0.160. The first-order valence-electron chi connectivity index (χ1n) is 9.87. The highest BCUT2D eigenvalue weighted by Crippen LogP contribution is 2.25. The minimum absolute atomic E-state index is 0.103. The Bertz CT molecular complexity index is 1280. The molecule has 0 saturated carbocycles. The molecule has 1 amide bonds. The number of aryl methyl sites for hydroxylation is 3. The molecule has 0 spiro atoms. The molecule has 0 aliphatic heterocycles. The summed E-state index contributed by atoms with van der Waals surface area (Å²) in [6.45, 7) is 5.85. The van der Waals surface area contributed by atoms with Crippen molar-refractivity contribution >= 4 is 22.5 Å². The van der Waals surface area contributed by atoms with Crippen LogP contribution in [0.1, 0.15) is 16.7 Å². The van der Waals surface area contributed by atoms with Gasteiger partial charge in [-0.3, -0.25) is 9.36 Å². The van der Waals surface area contributed by atoms with Crippen molar-refractivity contribution in [2.75, 3.05) is 5.32 Å². The largest absolute Gasteiger partial charge is 0.349 e. The molecule has 5 nitrogen and oxygen atoms in total. The lowest BCUT2D eigenvalue weighted by atomic mass is 10.1. The van der Waals surface area contributed by atoms with E-state index in [0.717, 1.165) is 33.3 Å². The summed E-state index contributed by atoms with van der Waals surface area (Å²) in [5, 5.41) is 3.80. The standard InChI is InChI=1S/C25H23N3O2/c1-16-13-17(2)23(18(3)14-16)26-22(29)15-28-21-12-8-7-11-20(21)24(27-25(28)30)19-9-5-4-6-10-19/h4-14H,15H2,1-3H3,(H,26,29). The molecule has 1 aromatic heterocycles. The average molecular weight is 397 g/mol. The molecule has 150 valence electrons. The van der Waals surface area contributed by atoms with Gasteiger partial charge in [0.25, 0.3) is 0 Å². The summed E-state index contributed by atoms with van der Waals surface area (Å²) in [5.74, 6) is -0.258. The summed E-state index contributed by atoms with van der Waals surface area (Å²) >= 11 is 0. The molecule has 0 unspecified atom stereocenters. The average Bonchev–Trinajstić information content (AvgIpc) is 2.73. The minimum Gasteiger partial charge on any atom is -0.324 e. The van der Waals surface area contributed by atoms with E-state index in [1.165, 1.54) is 4.57 Å². The van der Waals surface area contributed by atoms with Crippen LogP contribution in [0.2, 0.25) is 0 Å². The van der Waals surface area contributed by atoms with Gasteiger partial charge in [0.15, 0.2) is 0 Å². The van der Waals surface area contributed by atoms with Crippen molar-refractivity contribution in [2.45, 2.75) is 27.3 Å². The van der Waals surface area contributed by atoms with Crippen LogP contribution < -0.4 is 11.0 Å². The summed E-state index contributed by atoms with van der Waals surface area (Å²) in [4.78, 5) is 30.0. The van der Waals surface area contributed by atoms with Crippen LogP contribution in [0.15, 0.2) is 71.5 Å². The number of para-hydroxylation sites is 1. The summed E-state index contributed by atoms with van der Waals surface area (Å²) in [6, 6.07) is 21.2. The Labute approximate surface area is 175 Å². The number of hydrogen-bond acceptors (Lipinski definition) is 3. The van der Waals surface area contributed by atoms with Crippen LogP contribution in [0, 0.1) is 20.8 Å². The number of fused-ring (bicyclic) bond motifs is 1. The van der Waals surface area contributed by atoms with E-state index in [9.17, 15) is 9.59 Å². The molecule has 0 aliphatic carbocycles. The molecule has 1 N–H and O–H groups in total. The molecule has 0 bridgehead atoms. The van der Waals surface area contributed by atoms with Gasteiger partial charge in [-0.15, -0.1) is 0 Å². The molecule has 0 atom stereocenters. The fourth-order valence-electron chi connectivity index (χ4n) is 3.90. The molecule has 0 saturated heterocycles. The Morgan fingerprint density at radius 3 is 2.27 bits per heavy atom. The van der Waals surface area contributed by atoms with E-state index < -0.39 is 5.69 Å². The number of benzene rings is 3. The second kappa shape index (κ2) is 7.95. The van der Waals surface area contributed by atoms with Crippen LogP contribution in [0.4, 0.5) is 5.69 Å². The molecular formula is C25H23N3O2. The first-order chi connectivity index (χ1) is 14.4. The molecule has 4 rings (SSSR count). The Kier molecular flexibility index (Phi) is 5.19. The van der Waals surface area contributed by atoms with Gasteiger partial charge in [-0.2, -0.15) is 4.98 Å². The Morgan fingerprint density at radius 1 is 0.933 bits per heavy atom. The Balaban J connectivity index is 1.73. The number of amides is 1. The van der Waals surface area contributed by atoms with E-state index in [1.807, 2.05) is 87.5 Å². The smallest absolute Gasteiger partial charge is 0.324 e. The summed E-state index contributed by atoms with van der Waals surface area (Å²) < 4.78 is 1.43. The van der Waals surface area contributed by atoms with Gasteiger partial charge in [-0.05, 0) is 38.0 Å². The van der Waals surface area contributed by atoms with E-state index in [0.29, 0.717) is 11.2 Å². The van der Waals surface area contributed by atoms with Crippen molar-refractivity contribution in [3.63, 3.8) is 0 Å². The van der Waals surface area contributed by atoms with Gasteiger partial charge < -0.3 is 5.32 Å². The second-order valence-electron chi connectivity index (χ2n) is 7.53. The number of rotatable bonds is 4. The fourth-order valence-corrected chi connectivity index (χ4v) is 3.90. The third-order valence-electron chi connectivity index (χ3n) is 5.18. The van der Waals surface area contributed by atoms with Crippen LogP contribution in [0.25, 0.3) is 22.2 Å². The van der Waals surface area contributed by atoms with Crippen LogP contribution in [-0.4, -0.2) is 15.5 Å². The molecule has 0 radical (unpaired) electrons. The van der Waals surface area contributed by atoms with Gasteiger partial charge in [-0.25, -0.2) is 4.79 Å². The zero-order valence-corrected chi connectivity index (χ0v) is 17.3. The number of anilines is 1. The van der Waals surface area contributed by atoms with Crippen LogP contribution in [0.5, 0.6) is 0 Å². The number of nitrogens with zero attached hydrogens (tertiary/aromatic N) is 2. The van der Waals surface area contributed by atoms with Crippen LogP contribution >= 0.6 is 0 Å². The number of hydrogen-bond donors (Lipinski definition) is 1. The zero-order valence-electron chi connectivity index (χ0n) is 17.3. The van der Waals surface area contributed by atoms with E-state index in [-0.39, 0.29) is 12.5 Å². The molecule has 0 aliphatic rings. The quantitative estimate of drug-likeness (QED) is 0.546. The highest BCUT2D eigenvalue weighted by atomic mass is 16.2. The minimum atomic E-state index is -0.444. The monoisotopic (exact) mass is 397 g/mol. The predicted molar refractivity (Wildman–Crippen MR) is 121 cm³/mol. The van der Waals surface area contributed by atoms with Crippen molar-refractivity contribution < 1.29 is 4.79 Å². The van der Waals surface area contributed by atoms with Crippen molar-refractivity contribution in [3.05, 3.63) is 93.9 Å². The number of nitrogens with one attached hydrogen (secondary N) is 1. The van der Waals surface area contributed by atoms with Gasteiger partial charge >= 0.3 is 5.69 Å². The molecule has 1 heterocycles. The number of carbonyl (C=O) groups excluding carboxylic acids is 1. The normalized spacial score (nSPS) is 10.9. The lowest BCUT2D eigenvalue weighted by molar-refractivity contribution is -0.116. The van der Waals surface area contributed by atoms with E-state index in [4.69, 9.17) is 0 Å². The van der Waals surface area contributed by atoms with Crippen molar-refractivity contribution in [1.29, 1.82) is 0 Å². The summed E-state index contributed by atoms with van der Waals surface area (Å²) in [6.07, 6.45) is 0. The van der Waals surface area contributed by atoms with Crippen LogP contribution in [0.3, 0.4) is 0 Å². The summed E-state index contributed by atoms with van der Waals surface area (Å²) in [5.41, 5.74) is 5.66. The number of carbonyl (C=O) groups is 1. The molecule has 30 heavy (non-hydrogen) atoms. The first-order valence-corrected chi connectivity index (χ1v) is 9.87. The van der Waals surface area contributed by atoms with Crippen LogP contribution in [-0.2, 0) is 11.3 Å². The molecular weight excluding hydrogens is 374 g/mol. The maximum Gasteiger partial charge on any atom is 0.349 e. The van der Waals surface area contributed by atoms with Gasteiger partial charge in [0.05, 0.1) is 11.2 Å². The molecule has 0 fully saturated rings.